The molecule has 1 aromatic rings. The van der Waals surface area contributed by atoms with Gasteiger partial charge >= 0.3 is 5.97 Å². The first-order chi connectivity index (χ1) is 13.2. The van der Waals surface area contributed by atoms with Gasteiger partial charge in [0.1, 0.15) is 24.9 Å². The van der Waals surface area contributed by atoms with E-state index >= 15 is 0 Å². The summed E-state index contributed by atoms with van der Waals surface area (Å²) in [4.78, 5) is 23.8. The molecule has 6 unspecified atom stereocenters. The summed E-state index contributed by atoms with van der Waals surface area (Å²) in [7, 11) is 0. The van der Waals surface area contributed by atoms with Crippen LogP contribution in [0.3, 0.4) is 0 Å². The number of aliphatic hydroxyl groups excluding tert-OH is 4. The van der Waals surface area contributed by atoms with Crippen molar-refractivity contribution >= 4 is 11.9 Å². The normalized spacial score (nSPS) is 29.6. The quantitative estimate of drug-likeness (QED) is 0.279. The first kappa shape index (κ1) is 22.2. The van der Waals surface area contributed by atoms with Crippen LogP contribution < -0.4 is 5.32 Å². The number of esters is 1. The summed E-state index contributed by atoms with van der Waals surface area (Å²) < 4.78 is 10.3. The number of ether oxygens (including phenoxy) is 2. The molecule has 6 N–H and O–H groups in total. The molecule has 1 aromatic carbocycles. The van der Waals surface area contributed by atoms with Gasteiger partial charge in [0.2, 0.25) is 5.91 Å². The van der Waals surface area contributed by atoms with Crippen LogP contribution in [0.2, 0.25) is 0 Å². The second-order valence-electron chi connectivity index (χ2n) is 6.67. The summed E-state index contributed by atoms with van der Waals surface area (Å²) in [6, 6.07) is 7.41. The zero-order valence-electron chi connectivity index (χ0n) is 15.3. The Morgan fingerprint density at radius 2 is 1.96 bits per heavy atom. The molecule has 10 nitrogen and oxygen atoms in total. The van der Waals surface area contributed by atoms with Gasteiger partial charge in [-0.1, -0.05) is 30.3 Å². The van der Waals surface area contributed by atoms with Gasteiger partial charge in [-0.25, -0.2) is 4.79 Å². The molecule has 1 aliphatic rings. The molecule has 0 saturated carbocycles. The highest BCUT2D eigenvalue weighted by Gasteiger charge is 2.54. The zero-order chi connectivity index (χ0) is 20.9. The topological polar surface area (TPSA) is 166 Å². The Hall–Kier alpha value is -2.08. The molecule has 1 aliphatic heterocycles. The lowest BCUT2D eigenvalue weighted by Gasteiger charge is -2.45. The minimum atomic E-state index is -2.62. The van der Waals surface area contributed by atoms with Gasteiger partial charge in [-0.3, -0.25) is 4.79 Å². The number of aliphatic hydroxyl groups is 5. The van der Waals surface area contributed by atoms with Crippen LogP contribution >= 0.6 is 0 Å². The van der Waals surface area contributed by atoms with E-state index in [4.69, 9.17) is 14.6 Å². The Kier molecular flexibility index (Phi) is 7.47. The van der Waals surface area contributed by atoms with Crippen molar-refractivity contribution in [1.29, 1.82) is 0 Å². The predicted molar refractivity (Wildman–Crippen MR) is 93.4 cm³/mol. The van der Waals surface area contributed by atoms with Gasteiger partial charge in [-0.2, -0.15) is 0 Å². The van der Waals surface area contributed by atoms with E-state index in [0.717, 1.165) is 6.92 Å². The molecular formula is C18H25NO9. The zero-order valence-corrected chi connectivity index (χ0v) is 15.3. The van der Waals surface area contributed by atoms with Gasteiger partial charge in [-0.05, 0) is 5.56 Å². The second kappa shape index (κ2) is 9.41. The van der Waals surface area contributed by atoms with Gasteiger partial charge in [0, 0.05) is 13.3 Å². The van der Waals surface area contributed by atoms with Crippen LogP contribution in [0.1, 0.15) is 18.9 Å². The van der Waals surface area contributed by atoms with Gasteiger partial charge in [-0.15, -0.1) is 0 Å². The fourth-order valence-corrected chi connectivity index (χ4v) is 2.97. The predicted octanol–water partition coefficient (Wildman–Crippen LogP) is -2.21. The molecular weight excluding hydrogens is 374 g/mol. The van der Waals surface area contributed by atoms with Gasteiger partial charge in [0.25, 0.3) is 5.79 Å². The first-order valence-corrected chi connectivity index (χ1v) is 8.71. The van der Waals surface area contributed by atoms with Crippen molar-refractivity contribution in [3.8, 4) is 0 Å². The number of benzene rings is 1. The average molecular weight is 399 g/mol. The third kappa shape index (κ3) is 5.25. The maximum atomic E-state index is 12.4. The molecule has 28 heavy (non-hydrogen) atoms. The lowest BCUT2D eigenvalue weighted by atomic mass is 9.88. The van der Waals surface area contributed by atoms with E-state index in [2.05, 4.69) is 5.32 Å². The van der Waals surface area contributed by atoms with Crippen LogP contribution in [0.5, 0.6) is 0 Å². The number of rotatable bonds is 7. The summed E-state index contributed by atoms with van der Waals surface area (Å²) in [5.41, 5.74) is 0.652. The highest BCUT2D eigenvalue weighted by molar-refractivity contribution is 5.78. The molecule has 156 valence electrons. The molecule has 0 spiro atoms. The van der Waals surface area contributed by atoms with E-state index in [1.807, 2.05) is 0 Å². The maximum Gasteiger partial charge on any atom is 0.367 e. The third-order valence-electron chi connectivity index (χ3n) is 4.40. The standard InChI is InChI=1S/C18H25NO9/c1-10(21)19-14-12(22)7-18(26,28-16(14)15(24)13(23)8-20)17(25)27-9-11-5-3-2-4-6-11/h2-6,12-16,20,22-24,26H,7-9H2,1H3,(H,19,21). The lowest BCUT2D eigenvalue weighted by molar-refractivity contribution is -0.297. The summed E-state index contributed by atoms with van der Waals surface area (Å²) in [6.07, 6.45) is -7.24. The van der Waals surface area contributed by atoms with Crippen molar-refractivity contribution in [3.63, 3.8) is 0 Å². The Balaban J connectivity index is 2.17. The lowest BCUT2D eigenvalue weighted by Crippen LogP contribution is -2.67. The van der Waals surface area contributed by atoms with Gasteiger partial charge in [0.05, 0.1) is 18.8 Å². The molecule has 0 bridgehead atoms. The summed E-state index contributed by atoms with van der Waals surface area (Å²) in [5.74, 6) is -4.39. The first-order valence-electron chi connectivity index (χ1n) is 8.71. The fraction of sp³-hybridized carbons (Fsp3) is 0.556. The minimum Gasteiger partial charge on any atom is -0.457 e. The smallest absolute Gasteiger partial charge is 0.367 e. The van der Waals surface area contributed by atoms with E-state index in [9.17, 15) is 30.0 Å². The number of hydrogen-bond acceptors (Lipinski definition) is 9. The number of carbonyl (C=O) groups is 2. The highest BCUT2D eigenvalue weighted by Crippen LogP contribution is 2.31. The molecule has 2 rings (SSSR count). The molecule has 0 aliphatic carbocycles. The molecule has 1 saturated heterocycles. The van der Waals surface area contributed by atoms with E-state index in [-0.39, 0.29) is 6.61 Å². The highest BCUT2D eigenvalue weighted by atomic mass is 16.7. The van der Waals surface area contributed by atoms with E-state index in [0.29, 0.717) is 5.56 Å². The number of carbonyl (C=O) groups excluding carboxylic acids is 2. The summed E-state index contributed by atoms with van der Waals surface area (Å²) >= 11 is 0. The average Bonchev–Trinajstić information content (AvgIpc) is 2.67. The van der Waals surface area contributed by atoms with Crippen LogP contribution in [0.4, 0.5) is 0 Å². The van der Waals surface area contributed by atoms with E-state index in [1.165, 1.54) is 0 Å². The van der Waals surface area contributed by atoms with Crippen molar-refractivity contribution in [2.75, 3.05) is 6.61 Å². The Morgan fingerprint density at radius 3 is 2.54 bits per heavy atom. The monoisotopic (exact) mass is 399 g/mol. The van der Waals surface area contributed by atoms with Crippen LogP contribution in [-0.4, -0.2) is 80.3 Å². The molecule has 0 radical (unpaired) electrons. The molecule has 1 heterocycles. The summed E-state index contributed by atoms with van der Waals surface area (Å²) in [6.45, 7) is 0.150. The Labute approximate surface area is 161 Å². The fourth-order valence-electron chi connectivity index (χ4n) is 2.97. The largest absolute Gasteiger partial charge is 0.457 e. The molecule has 0 aromatic heterocycles. The molecule has 6 atom stereocenters. The van der Waals surface area contributed by atoms with Crippen molar-refractivity contribution in [2.24, 2.45) is 0 Å². The van der Waals surface area contributed by atoms with E-state index < -0.39 is 61.1 Å². The molecule has 1 fully saturated rings. The second-order valence-corrected chi connectivity index (χ2v) is 6.67. The number of amides is 1. The maximum absolute atomic E-state index is 12.4. The third-order valence-corrected chi connectivity index (χ3v) is 4.40. The van der Waals surface area contributed by atoms with Crippen LogP contribution in [0, 0.1) is 0 Å². The van der Waals surface area contributed by atoms with Gasteiger partial charge in [0.15, 0.2) is 0 Å². The van der Waals surface area contributed by atoms with Gasteiger partial charge < -0.3 is 40.3 Å². The molecule has 1 amide bonds. The SMILES string of the molecule is CC(=O)NC1C(O)CC(O)(C(=O)OCc2ccccc2)OC1C(O)C(O)CO. The Morgan fingerprint density at radius 1 is 1.32 bits per heavy atom. The van der Waals surface area contributed by atoms with Crippen molar-refractivity contribution in [2.45, 2.75) is 56.2 Å². The van der Waals surface area contributed by atoms with Crippen molar-refractivity contribution in [1.82, 2.24) is 5.32 Å². The summed E-state index contributed by atoms with van der Waals surface area (Å²) in [5, 5.41) is 52.2. The number of nitrogens with one attached hydrogen (secondary N) is 1. The number of hydrogen-bond donors (Lipinski definition) is 6. The van der Waals surface area contributed by atoms with E-state index in [1.54, 1.807) is 30.3 Å². The van der Waals surface area contributed by atoms with Crippen LogP contribution in [0.15, 0.2) is 30.3 Å². The van der Waals surface area contributed by atoms with Crippen LogP contribution in [0.25, 0.3) is 0 Å². The molecule has 10 heteroatoms. The minimum absolute atomic E-state index is 0.164. The van der Waals surface area contributed by atoms with Crippen LogP contribution in [-0.2, 0) is 25.7 Å². The Bertz CT molecular complexity index is 670. The van der Waals surface area contributed by atoms with Crippen molar-refractivity contribution in [3.05, 3.63) is 35.9 Å². The van der Waals surface area contributed by atoms with Crippen molar-refractivity contribution < 1.29 is 44.6 Å².